The number of para-hydroxylation sites is 1. The molecule has 0 aliphatic rings. The predicted molar refractivity (Wildman–Crippen MR) is 141 cm³/mol. The van der Waals surface area contributed by atoms with Crippen LogP contribution in [-0.4, -0.2) is 16.6 Å². The maximum atomic E-state index is 13.6. The molecular formula is C28H24N2O3S2. The summed E-state index contributed by atoms with van der Waals surface area (Å²) in [5.74, 6) is 0. The Kier molecular flexibility index (Phi) is 6.38. The summed E-state index contributed by atoms with van der Waals surface area (Å²) >= 11 is 0. The first-order valence-corrected chi connectivity index (χ1v) is 13.8. The second kappa shape index (κ2) is 9.62. The molecule has 35 heavy (non-hydrogen) atoms. The Morgan fingerprint density at radius 2 is 1.31 bits per heavy atom. The van der Waals surface area contributed by atoms with E-state index in [-0.39, 0.29) is 9.92 Å². The monoisotopic (exact) mass is 500 g/mol. The molecule has 0 bridgehead atoms. The third-order valence-electron chi connectivity index (χ3n) is 5.96. The van der Waals surface area contributed by atoms with Crippen LogP contribution in [-0.2, 0) is 27.6 Å². The molecule has 5 aromatic rings. The van der Waals surface area contributed by atoms with Crippen LogP contribution in [0.3, 0.4) is 0 Å². The Morgan fingerprint density at radius 3 is 2.00 bits per heavy atom. The zero-order valence-corrected chi connectivity index (χ0v) is 20.7. The Balaban J connectivity index is 1.47. The average molecular weight is 501 g/mol. The fraction of sp³-hybridized carbons (Fsp3) is 0.0714. The van der Waals surface area contributed by atoms with Gasteiger partial charge < -0.3 is 0 Å². The number of hydrogen-bond acceptors (Lipinski definition) is 3. The van der Waals surface area contributed by atoms with Crippen LogP contribution in [0.15, 0.2) is 119 Å². The molecule has 7 heteroatoms. The Labute approximate surface area is 207 Å². The number of aromatic nitrogens is 1. The minimum absolute atomic E-state index is 0.149. The fourth-order valence-corrected chi connectivity index (χ4v) is 7.21. The highest BCUT2D eigenvalue weighted by atomic mass is 32.2. The highest BCUT2D eigenvalue weighted by molar-refractivity contribution is 7.91. The molecule has 1 N–H and O–H groups in total. The molecule has 0 saturated carbocycles. The van der Waals surface area contributed by atoms with Crippen LogP contribution in [0.2, 0.25) is 0 Å². The van der Waals surface area contributed by atoms with E-state index in [2.05, 4.69) is 16.9 Å². The van der Waals surface area contributed by atoms with Crippen molar-refractivity contribution >= 4 is 31.9 Å². The summed E-state index contributed by atoms with van der Waals surface area (Å²) in [5.41, 5.74) is 4.35. The molecule has 0 saturated heterocycles. The van der Waals surface area contributed by atoms with Crippen molar-refractivity contribution in [1.29, 1.82) is 0 Å². The van der Waals surface area contributed by atoms with E-state index < -0.39 is 21.0 Å². The maximum Gasteiger partial charge on any atom is 0.269 e. The molecule has 176 valence electrons. The number of aryl methyl sites for hydroxylation is 1. The Hall–Kier alpha value is -3.52. The Morgan fingerprint density at radius 1 is 0.743 bits per heavy atom. The second-order valence-electron chi connectivity index (χ2n) is 8.18. The lowest BCUT2D eigenvalue weighted by Crippen LogP contribution is -2.23. The van der Waals surface area contributed by atoms with Crippen molar-refractivity contribution in [3.63, 3.8) is 0 Å². The van der Waals surface area contributed by atoms with E-state index in [9.17, 15) is 12.6 Å². The van der Waals surface area contributed by atoms with Gasteiger partial charge in [-0.2, -0.15) is 0 Å². The van der Waals surface area contributed by atoms with Crippen LogP contribution < -0.4 is 4.72 Å². The molecule has 5 nitrogen and oxygen atoms in total. The summed E-state index contributed by atoms with van der Waals surface area (Å²) in [7, 11) is -5.72. The van der Waals surface area contributed by atoms with Crippen molar-refractivity contribution < 1.29 is 12.6 Å². The first-order chi connectivity index (χ1) is 17.0. The fourth-order valence-electron chi connectivity index (χ4n) is 4.16. The second-order valence-corrected chi connectivity index (χ2v) is 11.2. The quantitative estimate of drug-likeness (QED) is 0.313. The van der Waals surface area contributed by atoms with E-state index in [1.165, 1.54) is 3.97 Å². The van der Waals surface area contributed by atoms with Crippen molar-refractivity contribution in [2.24, 2.45) is 0 Å². The summed E-state index contributed by atoms with van der Waals surface area (Å²) < 4.78 is 45.0. The van der Waals surface area contributed by atoms with Gasteiger partial charge in [-0.15, -0.1) is 0 Å². The standard InChI is InChI=1S/C28H24N2O3S2/c1-21-26-14-8-9-15-27(26)30(35(32,33)25-12-6-3-7-13-25)28(21)34(31)29-20-22-16-18-24(19-17-22)23-10-4-2-5-11-23/h2-19,29H,20H2,1H3. The summed E-state index contributed by atoms with van der Waals surface area (Å²) in [6, 6.07) is 33.6. The van der Waals surface area contributed by atoms with Crippen LogP contribution in [0.4, 0.5) is 0 Å². The molecule has 0 fully saturated rings. The largest absolute Gasteiger partial charge is 0.269 e. The van der Waals surface area contributed by atoms with Crippen LogP contribution >= 0.6 is 0 Å². The molecule has 0 spiro atoms. The molecule has 4 aromatic carbocycles. The first-order valence-electron chi connectivity index (χ1n) is 11.2. The minimum atomic E-state index is -3.96. The number of fused-ring (bicyclic) bond motifs is 1. The molecule has 0 amide bonds. The normalized spacial score (nSPS) is 12.6. The van der Waals surface area contributed by atoms with Crippen LogP contribution in [0, 0.1) is 6.92 Å². The van der Waals surface area contributed by atoms with Crippen LogP contribution in [0.25, 0.3) is 22.0 Å². The zero-order chi connectivity index (χ0) is 24.4. The minimum Gasteiger partial charge on any atom is -0.236 e. The molecule has 0 radical (unpaired) electrons. The van der Waals surface area contributed by atoms with Crippen molar-refractivity contribution in [3.8, 4) is 11.1 Å². The van der Waals surface area contributed by atoms with Gasteiger partial charge >= 0.3 is 0 Å². The van der Waals surface area contributed by atoms with Crippen molar-refractivity contribution in [2.75, 3.05) is 0 Å². The van der Waals surface area contributed by atoms with Crippen LogP contribution in [0.1, 0.15) is 11.1 Å². The van der Waals surface area contributed by atoms with Gasteiger partial charge in [-0.1, -0.05) is 91.0 Å². The predicted octanol–water partition coefficient (Wildman–Crippen LogP) is 5.67. The van der Waals surface area contributed by atoms with E-state index in [1.54, 1.807) is 42.5 Å². The summed E-state index contributed by atoms with van der Waals surface area (Å²) in [4.78, 5) is 0.149. The summed E-state index contributed by atoms with van der Waals surface area (Å²) in [6.07, 6.45) is 0. The SMILES string of the molecule is Cc1c(S(=O)NCc2ccc(-c3ccccc3)cc2)n(S(=O)(=O)c2ccccc2)c2ccccc12. The molecule has 0 aliphatic carbocycles. The van der Waals surface area contributed by atoms with E-state index in [0.717, 1.165) is 22.1 Å². The van der Waals surface area contributed by atoms with Gasteiger partial charge in [-0.25, -0.2) is 21.3 Å². The lowest BCUT2D eigenvalue weighted by Gasteiger charge is -2.13. The number of hydrogen-bond donors (Lipinski definition) is 1. The number of nitrogens with one attached hydrogen (secondary N) is 1. The maximum absolute atomic E-state index is 13.6. The molecular weight excluding hydrogens is 476 g/mol. The number of nitrogens with zero attached hydrogens (tertiary/aromatic N) is 1. The number of benzene rings is 4. The van der Waals surface area contributed by atoms with E-state index in [1.807, 2.05) is 61.5 Å². The molecule has 1 atom stereocenters. The third-order valence-corrected chi connectivity index (χ3v) is 9.05. The molecule has 1 heterocycles. The van der Waals surface area contributed by atoms with Gasteiger partial charge in [0.05, 0.1) is 10.4 Å². The topological polar surface area (TPSA) is 68.2 Å². The summed E-state index contributed by atoms with van der Waals surface area (Å²) in [6.45, 7) is 2.14. The average Bonchev–Trinajstić information content (AvgIpc) is 3.22. The Bertz CT molecular complexity index is 1610. The van der Waals surface area contributed by atoms with Gasteiger partial charge in [0.1, 0.15) is 16.0 Å². The molecule has 5 rings (SSSR count). The van der Waals surface area contributed by atoms with Gasteiger partial charge in [0.15, 0.2) is 0 Å². The van der Waals surface area contributed by atoms with Crippen molar-refractivity contribution in [2.45, 2.75) is 23.4 Å². The van der Waals surface area contributed by atoms with Crippen molar-refractivity contribution in [3.05, 3.63) is 120 Å². The van der Waals surface area contributed by atoms with Gasteiger partial charge in [0, 0.05) is 11.9 Å². The van der Waals surface area contributed by atoms with Crippen molar-refractivity contribution in [1.82, 2.24) is 8.69 Å². The summed E-state index contributed by atoms with van der Waals surface area (Å²) in [5, 5.41) is 0.986. The third kappa shape index (κ3) is 4.46. The number of rotatable bonds is 7. The van der Waals surface area contributed by atoms with Gasteiger partial charge in [0.2, 0.25) is 0 Å². The highest BCUT2D eigenvalue weighted by Gasteiger charge is 2.28. The smallest absolute Gasteiger partial charge is 0.236 e. The van der Waals surface area contributed by atoms with Gasteiger partial charge in [-0.05, 0) is 47.4 Å². The van der Waals surface area contributed by atoms with E-state index in [0.29, 0.717) is 17.6 Å². The first kappa shape index (κ1) is 23.2. The van der Waals surface area contributed by atoms with Gasteiger partial charge in [0.25, 0.3) is 10.0 Å². The van der Waals surface area contributed by atoms with Gasteiger partial charge in [-0.3, -0.25) is 0 Å². The lowest BCUT2D eigenvalue weighted by atomic mass is 10.0. The molecule has 1 aromatic heterocycles. The molecule has 0 aliphatic heterocycles. The molecule has 1 unspecified atom stereocenters. The highest BCUT2D eigenvalue weighted by Crippen LogP contribution is 2.31. The van der Waals surface area contributed by atoms with Crippen LogP contribution in [0.5, 0.6) is 0 Å². The van der Waals surface area contributed by atoms with E-state index in [4.69, 9.17) is 0 Å². The van der Waals surface area contributed by atoms with E-state index >= 15 is 0 Å². The zero-order valence-electron chi connectivity index (χ0n) is 19.1. The lowest BCUT2D eigenvalue weighted by molar-refractivity contribution is 0.583.